The third-order valence-corrected chi connectivity index (χ3v) is 3.83. The fourth-order valence-electron chi connectivity index (χ4n) is 1.87. The Morgan fingerprint density at radius 2 is 2.00 bits per heavy atom. The maximum Gasteiger partial charge on any atom is 0.176 e. The molecule has 86 valence electrons. The normalized spacial score (nSPS) is 18.0. The van der Waals surface area contributed by atoms with Crippen molar-refractivity contribution < 1.29 is 4.79 Å². The molecule has 2 nitrogen and oxygen atoms in total. The predicted octanol–water partition coefficient (Wildman–Crippen LogP) is 2.31. The maximum absolute atomic E-state index is 12.0. The molecule has 0 bridgehead atoms. The molecule has 1 aromatic carbocycles. The van der Waals surface area contributed by atoms with Crippen LogP contribution in [-0.2, 0) is 0 Å². The van der Waals surface area contributed by atoms with Crippen molar-refractivity contribution in [1.29, 1.82) is 0 Å². The molecule has 0 N–H and O–H groups in total. The van der Waals surface area contributed by atoms with Crippen LogP contribution in [0, 0.1) is 0 Å². The first kappa shape index (κ1) is 11.7. The minimum Gasteiger partial charge on any atom is -0.295 e. The second kappa shape index (κ2) is 6.06. The number of thioether (sulfide) groups is 1. The molecule has 3 heteroatoms. The molecule has 1 aromatic rings. The van der Waals surface area contributed by atoms with Crippen molar-refractivity contribution in [1.82, 2.24) is 4.90 Å². The number of ketones is 1. The lowest BCUT2D eigenvalue weighted by Crippen LogP contribution is -2.31. The second-order valence-electron chi connectivity index (χ2n) is 4.03. The number of Topliss-reactive ketones (excluding diaryl/α,β-unsaturated/α-hetero) is 1. The van der Waals surface area contributed by atoms with Crippen LogP contribution in [-0.4, -0.2) is 41.8 Å². The molecule has 2 rings (SSSR count). The third kappa shape index (κ3) is 3.35. The van der Waals surface area contributed by atoms with Crippen LogP contribution in [0.1, 0.15) is 16.8 Å². The number of benzene rings is 1. The van der Waals surface area contributed by atoms with Gasteiger partial charge in [0.05, 0.1) is 6.54 Å². The predicted molar refractivity (Wildman–Crippen MR) is 69.2 cm³/mol. The van der Waals surface area contributed by atoms with Gasteiger partial charge in [0, 0.05) is 17.9 Å². The molecule has 0 aliphatic carbocycles. The van der Waals surface area contributed by atoms with E-state index in [0.717, 1.165) is 24.4 Å². The van der Waals surface area contributed by atoms with Crippen molar-refractivity contribution >= 4 is 17.5 Å². The summed E-state index contributed by atoms with van der Waals surface area (Å²) < 4.78 is 0. The molecule has 0 spiro atoms. The van der Waals surface area contributed by atoms with Crippen LogP contribution in [0.4, 0.5) is 0 Å². The summed E-state index contributed by atoms with van der Waals surface area (Å²) in [5.74, 6) is 2.63. The Kier molecular flexibility index (Phi) is 4.43. The standard InChI is InChI=1S/C13H17NOS/c15-13(12-5-2-1-3-6-12)11-14-7-4-9-16-10-8-14/h1-3,5-6H,4,7-11H2. The van der Waals surface area contributed by atoms with Gasteiger partial charge in [-0.15, -0.1) is 0 Å². The molecular formula is C13H17NOS. The molecule has 0 aromatic heterocycles. The van der Waals surface area contributed by atoms with E-state index in [0.29, 0.717) is 6.54 Å². The van der Waals surface area contributed by atoms with Crippen LogP contribution >= 0.6 is 11.8 Å². The van der Waals surface area contributed by atoms with E-state index >= 15 is 0 Å². The van der Waals surface area contributed by atoms with Gasteiger partial charge in [-0.1, -0.05) is 30.3 Å². The molecule has 1 saturated heterocycles. The van der Waals surface area contributed by atoms with E-state index in [1.807, 2.05) is 42.1 Å². The minimum atomic E-state index is 0.243. The average molecular weight is 235 g/mol. The van der Waals surface area contributed by atoms with Gasteiger partial charge in [0.2, 0.25) is 0 Å². The fourth-order valence-corrected chi connectivity index (χ4v) is 2.80. The van der Waals surface area contributed by atoms with E-state index in [2.05, 4.69) is 4.90 Å². The summed E-state index contributed by atoms with van der Waals surface area (Å²) in [6.07, 6.45) is 1.20. The zero-order chi connectivity index (χ0) is 11.2. The highest BCUT2D eigenvalue weighted by molar-refractivity contribution is 7.99. The number of hydrogen-bond acceptors (Lipinski definition) is 3. The Morgan fingerprint density at radius 1 is 1.19 bits per heavy atom. The van der Waals surface area contributed by atoms with Crippen LogP contribution < -0.4 is 0 Å². The Morgan fingerprint density at radius 3 is 2.81 bits per heavy atom. The first-order valence-corrected chi connectivity index (χ1v) is 6.90. The highest BCUT2D eigenvalue weighted by Crippen LogP contribution is 2.10. The number of nitrogens with zero attached hydrogens (tertiary/aromatic N) is 1. The van der Waals surface area contributed by atoms with E-state index in [4.69, 9.17) is 0 Å². The highest BCUT2D eigenvalue weighted by atomic mass is 32.2. The molecule has 1 aliphatic rings. The summed E-state index contributed by atoms with van der Waals surface area (Å²) in [5, 5.41) is 0. The molecule has 0 amide bonds. The van der Waals surface area contributed by atoms with Crippen LogP contribution in [0.25, 0.3) is 0 Å². The zero-order valence-electron chi connectivity index (χ0n) is 9.39. The van der Waals surface area contributed by atoms with E-state index < -0.39 is 0 Å². The smallest absolute Gasteiger partial charge is 0.176 e. The average Bonchev–Trinajstić information content (AvgIpc) is 2.59. The molecule has 0 atom stereocenters. The maximum atomic E-state index is 12.0. The van der Waals surface area contributed by atoms with Gasteiger partial charge in [-0.2, -0.15) is 11.8 Å². The lowest BCUT2D eigenvalue weighted by Gasteiger charge is -2.18. The summed E-state index contributed by atoms with van der Waals surface area (Å²) in [6.45, 7) is 2.68. The number of carbonyl (C=O) groups is 1. The summed E-state index contributed by atoms with van der Waals surface area (Å²) in [6, 6.07) is 9.58. The van der Waals surface area contributed by atoms with Crippen molar-refractivity contribution in [2.45, 2.75) is 6.42 Å². The summed E-state index contributed by atoms with van der Waals surface area (Å²) >= 11 is 1.99. The minimum absolute atomic E-state index is 0.243. The van der Waals surface area contributed by atoms with Crippen LogP contribution in [0.2, 0.25) is 0 Å². The van der Waals surface area contributed by atoms with Crippen LogP contribution in [0.15, 0.2) is 30.3 Å². The molecule has 1 heterocycles. The van der Waals surface area contributed by atoms with Crippen molar-refractivity contribution in [2.24, 2.45) is 0 Å². The zero-order valence-corrected chi connectivity index (χ0v) is 10.2. The van der Waals surface area contributed by atoms with Crippen LogP contribution in [0.3, 0.4) is 0 Å². The Balaban J connectivity index is 1.91. The van der Waals surface area contributed by atoms with Gasteiger partial charge in [-0.3, -0.25) is 9.69 Å². The molecular weight excluding hydrogens is 218 g/mol. The first-order valence-electron chi connectivity index (χ1n) is 5.74. The third-order valence-electron chi connectivity index (χ3n) is 2.78. The van der Waals surface area contributed by atoms with Crippen molar-refractivity contribution in [3.63, 3.8) is 0 Å². The quantitative estimate of drug-likeness (QED) is 0.750. The van der Waals surface area contributed by atoms with Gasteiger partial charge in [0.15, 0.2) is 5.78 Å². The first-order chi connectivity index (χ1) is 7.86. The second-order valence-corrected chi connectivity index (χ2v) is 5.26. The topological polar surface area (TPSA) is 20.3 Å². The summed E-state index contributed by atoms with van der Waals surface area (Å²) in [5.41, 5.74) is 0.833. The van der Waals surface area contributed by atoms with Crippen molar-refractivity contribution in [3.05, 3.63) is 35.9 Å². The van der Waals surface area contributed by atoms with E-state index in [1.165, 1.54) is 12.2 Å². The van der Waals surface area contributed by atoms with E-state index in [1.54, 1.807) is 0 Å². The van der Waals surface area contributed by atoms with Crippen LogP contribution in [0.5, 0.6) is 0 Å². The van der Waals surface area contributed by atoms with Gasteiger partial charge in [-0.25, -0.2) is 0 Å². The lowest BCUT2D eigenvalue weighted by molar-refractivity contribution is 0.0936. The SMILES string of the molecule is O=C(CN1CCCSCC1)c1ccccc1. The molecule has 16 heavy (non-hydrogen) atoms. The molecule has 0 unspecified atom stereocenters. The van der Waals surface area contributed by atoms with Gasteiger partial charge >= 0.3 is 0 Å². The van der Waals surface area contributed by atoms with Crippen molar-refractivity contribution in [2.75, 3.05) is 31.1 Å². The summed E-state index contributed by atoms with van der Waals surface area (Å²) in [4.78, 5) is 14.2. The summed E-state index contributed by atoms with van der Waals surface area (Å²) in [7, 11) is 0. The lowest BCUT2D eigenvalue weighted by atomic mass is 10.1. The van der Waals surface area contributed by atoms with Gasteiger partial charge in [0.1, 0.15) is 0 Å². The molecule has 1 fully saturated rings. The highest BCUT2D eigenvalue weighted by Gasteiger charge is 2.13. The number of carbonyl (C=O) groups excluding carboxylic acids is 1. The largest absolute Gasteiger partial charge is 0.295 e. The van der Waals surface area contributed by atoms with E-state index in [-0.39, 0.29) is 5.78 Å². The fraction of sp³-hybridized carbons (Fsp3) is 0.462. The monoisotopic (exact) mass is 235 g/mol. The Bertz CT molecular complexity index is 331. The molecule has 0 radical (unpaired) electrons. The molecule has 1 aliphatic heterocycles. The van der Waals surface area contributed by atoms with E-state index in [9.17, 15) is 4.79 Å². The Hall–Kier alpha value is -0.800. The Labute approximate surface area is 101 Å². The number of hydrogen-bond donors (Lipinski definition) is 0. The van der Waals surface area contributed by atoms with Gasteiger partial charge in [0.25, 0.3) is 0 Å². The van der Waals surface area contributed by atoms with Gasteiger partial charge < -0.3 is 0 Å². The number of rotatable bonds is 3. The molecule has 0 saturated carbocycles. The van der Waals surface area contributed by atoms with Gasteiger partial charge in [-0.05, 0) is 18.7 Å². The van der Waals surface area contributed by atoms with Crippen molar-refractivity contribution in [3.8, 4) is 0 Å².